The highest BCUT2D eigenvalue weighted by Gasteiger charge is 2.24. The molecular weight excluding hydrogens is 392 g/mol. The molecule has 31 heavy (non-hydrogen) atoms. The van der Waals surface area contributed by atoms with Crippen LogP contribution < -0.4 is 4.74 Å². The average Bonchev–Trinajstić information content (AvgIpc) is 3.40. The Morgan fingerprint density at radius 3 is 2.52 bits per heavy atom. The molecule has 0 atom stereocenters. The van der Waals surface area contributed by atoms with Crippen LogP contribution in [0.1, 0.15) is 34.2 Å². The van der Waals surface area contributed by atoms with Gasteiger partial charge in [-0.15, -0.1) is 0 Å². The van der Waals surface area contributed by atoms with Crippen LogP contribution in [-0.4, -0.2) is 61.4 Å². The summed E-state index contributed by atoms with van der Waals surface area (Å²) in [7, 11) is 0. The molecule has 0 unspecified atom stereocenters. The fourth-order valence-electron chi connectivity index (χ4n) is 3.79. The number of amides is 1. The highest BCUT2D eigenvalue weighted by molar-refractivity contribution is 5.92. The van der Waals surface area contributed by atoms with Crippen LogP contribution in [0.15, 0.2) is 42.7 Å². The third-order valence-electron chi connectivity index (χ3n) is 5.73. The molecule has 8 nitrogen and oxygen atoms in total. The number of piperazine rings is 1. The van der Waals surface area contributed by atoms with E-state index in [1.54, 1.807) is 16.9 Å². The number of para-hydroxylation sites is 1. The lowest BCUT2D eigenvalue weighted by Gasteiger charge is -2.34. The lowest BCUT2D eigenvalue weighted by atomic mass is 10.2. The summed E-state index contributed by atoms with van der Waals surface area (Å²) in [4.78, 5) is 17.1. The molecule has 1 aliphatic heterocycles. The van der Waals surface area contributed by atoms with Gasteiger partial charge in [0, 0.05) is 57.2 Å². The van der Waals surface area contributed by atoms with Crippen LogP contribution in [0.3, 0.4) is 0 Å². The molecule has 3 heterocycles. The lowest BCUT2D eigenvalue weighted by Crippen LogP contribution is -2.48. The number of carbonyl (C=O) groups is 1. The van der Waals surface area contributed by atoms with Gasteiger partial charge < -0.3 is 9.64 Å². The molecule has 1 fully saturated rings. The minimum atomic E-state index is -0.0238. The predicted molar refractivity (Wildman–Crippen MR) is 118 cm³/mol. The first-order valence-corrected chi connectivity index (χ1v) is 10.8. The van der Waals surface area contributed by atoms with E-state index in [0.29, 0.717) is 18.8 Å². The van der Waals surface area contributed by atoms with Gasteiger partial charge in [0.2, 0.25) is 0 Å². The van der Waals surface area contributed by atoms with E-state index in [2.05, 4.69) is 35.1 Å². The SMILES string of the molecule is CCn1cc(CN2CCN(C(=O)c3ccn(COc4ccccc4C)n3)CC2)c(C)n1. The Kier molecular flexibility index (Phi) is 6.36. The van der Waals surface area contributed by atoms with Crippen molar-refractivity contribution in [2.75, 3.05) is 26.2 Å². The van der Waals surface area contributed by atoms with Gasteiger partial charge in [-0.1, -0.05) is 18.2 Å². The molecule has 0 bridgehead atoms. The Hall–Kier alpha value is -3.13. The molecule has 1 aromatic carbocycles. The number of aromatic nitrogens is 4. The topological polar surface area (TPSA) is 68.4 Å². The molecule has 0 radical (unpaired) electrons. The van der Waals surface area contributed by atoms with E-state index in [-0.39, 0.29) is 12.6 Å². The van der Waals surface area contributed by atoms with Crippen molar-refractivity contribution in [2.45, 2.75) is 40.6 Å². The zero-order valence-electron chi connectivity index (χ0n) is 18.5. The van der Waals surface area contributed by atoms with Crippen LogP contribution >= 0.6 is 0 Å². The van der Waals surface area contributed by atoms with Gasteiger partial charge in [0.25, 0.3) is 5.91 Å². The van der Waals surface area contributed by atoms with Crippen molar-refractivity contribution in [1.29, 1.82) is 0 Å². The molecule has 0 saturated carbocycles. The molecule has 1 aliphatic rings. The molecular formula is C23H30N6O2. The minimum Gasteiger partial charge on any atom is -0.471 e. The number of benzene rings is 1. The van der Waals surface area contributed by atoms with Crippen molar-refractivity contribution in [3.63, 3.8) is 0 Å². The second kappa shape index (κ2) is 9.34. The van der Waals surface area contributed by atoms with E-state index < -0.39 is 0 Å². The summed E-state index contributed by atoms with van der Waals surface area (Å²) < 4.78 is 9.45. The van der Waals surface area contributed by atoms with Gasteiger partial charge in [0.05, 0.1) is 5.69 Å². The Bertz CT molecular complexity index is 1030. The van der Waals surface area contributed by atoms with Gasteiger partial charge in [-0.2, -0.15) is 10.2 Å². The second-order valence-corrected chi connectivity index (χ2v) is 7.94. The highest BCUT2D eigenvalue weighted by atomic mass is 16.5. The van der Waals surface area contributed by atoms with Gasteiger partial charge in [0.15, 0.2) is 12.4 Å². The summed E-state index contributed by atoms with van der Waals surface area (Å²) in [6.07, 6.45) is 3.91. The first kappa shape index (κ1) is 21.1. The number of carbonyl (C=O) groups excluding carboxylic acids is 1. The summed E-state index contributed by atoms with van der Waals surface area (Å²) in [6.45, 7) is 11.3. The molecule has 1 saturated heterocycles. The standard InChI is InChI=1S/C23H30N6O2/c1-4-28-16-20(19(3)24-28)15-26-11-13-27(14-12-26)23(30)21-9-10-29(25-21)17-31-22-8-6-5-7-18(22)2/h5-10,16H,4,11-15,17H2,1-3H3. The monoisotopic (exact) mass is 422 g/mol. The lowest BCUT2D eigenvalue weighted by molar-refractivity contribution is 0.0620. The van der Waals surface area contributed by atoms with E-state index >= 15 is 0 Å². The smallest absolute Gasteiger partial charge is 0.274 e. The predicted octanol–water partition coefficient (Wildman–Crippen LogP) is 2.71. The van der Waals surface area contributed by atoms with E-state index in [9.17, 15) is 4.79 Å². The molecule has 4 rings (SSSR count). The van der Waals surface area contributed by atoms with Crippen molar-refractivity contribution in [3.05, 3.63) is 65.2 Å². The quantitative estimate of drug-likeness (QED) is 0.586. The van der Waals surface area contributed by atoms with Gasteiger partial charge in [-0.3, -0.25) is 14.4 Å². The molecule has 164 valence electrons. The number of ether oxygens (including phenoxy) is 1. The van der Waals surface area contributed by atoms with Gasteiger partial charge >= 0.3 is 0 Å². The van der Waals surface area contributed by atoms with Crippen molar-refractivity contribution >= 4 is 5.91 Å². The zero-order chi connectivity index (χ0) is 21.8. The molecule has 2 aromatic heterocycles. The number of nitrogens with zero attached hydrogens (tertiary/aromatic N) is 6. The third kappa shape index (κ3) is 4.96. The summed E-state index contributed by atoms with van der Waals surface area (Å²) in [6, 6.07) is 9.62. The average molecular weight is 423 g/mol. The van der Waals surface area contributed by atoms with Crippen LogP contribution in [0.5, 0.6) is 5.75 Å². The summed E-state index contributed by atoms with van der Waals surface area (Å²) in [5.74, 6) is 0.797. The maximum Gasteiger partial charge on any atom is 0.274 e. The van der Waals surface area contributed by atoms with Crippen molar-refractivity contribution in [3.8, 4) is 5.75 Å². The summed E-state index contributed by atoms with van der Waals surface area (Å²) >= 11 is 0. The van der Waals surface area contributed by atoms with E-state index in [1.165, 1.54) is 5.56 Å². The maximum absolute atomic E-state index is 12.9. The molecule has 0 spiro atoms. The normalized spacial score (nSPS) is 14.7. The first-order chi connectivity index (χ1) is 15.0. The number of hydrogen-bond donors (Lipinski definition) is 0. The Balaban J connectivity index is 1.28. The summed E-state index contributed by atoms with van der Waals surface area (Å²) in [5, 5.41) is 8.94. The van der Waals surface area contributed by atoms with Crippen LogP contribution in [-0.2, 0) is 19.8 Å². The van der Waals surface area contributed by atoms with Crippen LogP contribution in [0.25, 0.3) is 0 Å². The second-order valence-electron chi connectivity index (χ2n) is 7.94. The Morgan fingerprint density at radius 1 is 1.03 bits per heavy atom. The molecule has 0 aliphatic carbocycles. The van der Waals surface area contributed by atoms with Crippen molar-refractivity contribution < 1.29 is 9.53 Å². The van der Waals surface area contributed by atoms with Crippen LogP contribution in [0, 0.1) is 13.8 Å². The van der Waals surface area contributed by atoms with E-state index in [4.69, 9.17) is 4.74 Å². The third-order valence-corrected chi connectivity index (χ3v) is 5.73. The Labute approximate surface area is 183 Å². The number of aryl methyl sites for hydroxylation is 3. The zero-order valence-corrected chi connectivity index (χ0v) is 18.5. The Morgan fingerprint density at radius 2 is 1.81 bits per heavy atom. The fraction of sp³-hybridized carbons (Fsp3) is 0.435. The van der Waals surface area contributed by atoms with E-state index in [0.717, 1.165) is 43.2 Å². The van der Waals surface area contributed by atoms with Gasteiger partial charge in [-0.05, 0) is 38.5 Å². The minimum absolute atomic E-state index is 0.0238. The number of rotatable bonds is 7. The fourth-order valence-corrected chi connectivity index (χ4v) is 3.79. The van der Waals surface area contributed by atoms with E-state index in [1.807, 2.05) is 40.8 Å². The molecule has 8 heteroatoms. The summed E-state index contributed by atoms with van der Waals surface area (Å²) in [5.41, 5.74) is 3.87. The van der Waals surface area contributed by atoms with Crippen molar-refractivity contribution in [2.24, 2.45) is 0 Å². The van der Waals surface area contributed by atoms with Gasteiger partial charge in [-0.25, -0.2) is 4.68 Å². The van der Waals surface area contributed by atoms with Crippen molar-refractivity contribution in [1.82, 2.24) is 29.4 Å². The molecule has 3 aromatic rings. The molecule has 0 N–H and O–H groups in total. The van der Waals surface area contributed by atoms with Crippen LogP contribution in [0.2, 0.25) is 0 Å². The molecule has 1 amide bonds. The largest absolute Gasteiger partial charge is 0.471 e. The highest BCUT2D eigenvalue weighted by Crippen LogP contribution is 2.17. The first-order valence-electron chi connectivity index (χ1n) is 10.8. The number of hydrogen-bond acceptors (Lipinski definition) is 5. The maximum atomic E-state index is 12.9. The van der Waals surface area contributed by atoms with Gasteiger partial charge in [0.1, 0.15) is 5.75 Å². The van der Waals surface area contributed by atoms with Crippen LogP contribution in [0.4, 0.5) is 0 Å².